The SMILES string of the molecule is Nc1cccc(CN=C2OB2C2[B]O2)c1. The van der Waals surface area contributed by atoms with Crippen LogP contribution in [0, 0.1) is 0 Å². The fourth-order valence-electron chi connectivity index (χ4n) is 1.48. The van der Waals surface area contributed by atoms with Gasteiger partial charge in [-0.15, -0.1) is 0 Å². The molecule has 2 saturated heterocycles. The molecule has 4 nitrogen and oxygen atoms in total. The monoisotopic (exact) mass is 199 g/mol. The molecule has 1 aromatic rings. The van der Waals surface area contributed by atoms with Crippen LogP contribution in [-0.2, 0) is 15.9 Å². The highest BCUT2D eigenvalue weighted by atomic mass is 16.6. The molecule has 0 bridgehead atoms. The summed E-state index contributed by atoms with van der Waals surface area (Å²) in [7, 11) is 1.76. The van der Waals surface area contributed by atoms with Crippen LogP contribution in [0.5, 0.6) is 0 Å². The zero-order chi connectivity index (χ0) is 10.3. The summed E-state index contributed by atoms with van der Waals surface area (Å²) in [4.78, 5) is 4.33. The molecule has 0 spiro atoms. The molecular formula is C9H9B2N2O2. The van der Waals surface area contributed by atoms with Crippen LogP contribution in [0.15, 0.2) is 29.3 Å². The van der Waals surface area contributed by atoms with Crippen LogP contribution in [0.2, 0.25) is 0 Å². The Hall–Kier alpha value is -1.42. The summed E-state index contributed by atoms with van der Waals surface area (Å²) in [6, 6.07) is 7.70. The fourth-order valence-corrected chi connectivity index (χ4v) is 1.48. The third kappa shape index (κ3) is 1.99. The smallest absolute Gasteiger partial charge is 0.473 e. The summed E-state index contributed by atoms with van der Waals surface area (Å²) in [6.45, 7) is 0.690. The molecule has 0 saturated carbocycles. The van der Waals surface area contributed by atoms with Gasteiger partial charge in [-0.25, -0.2) is 0 Å². The van der Waals surface area contributed by atoms with E-state index in [4.69, 9.17) is 15.0 Å². The van der Waals surface area contributed by atoms with E-state index in [1.54, 1.807) is 7.48 Å². The minimum atomic E-state index is 0.0751. The lowest BCUT2D eigenvalue weighted by Gasteiger charge is -1.96. The maximum atomic E-state index is 5.66. The van der Waals surface area contributed by atoms with Crippen LogP contribution in [-0.4, -0.2) is 26.1 Å². The molecule has 15 heavy (non-hydrogen) atoms. The summed E-state index contributed by atoms with van der Waals surface area (Å²) in [5.41, 5.74) is 7.52. The Labute approximate surface area is 88.9 Å². The zero-order valence-electron chi connectivity index (χ0n) is 8.09. The Bertz CT molecular complexity index is 420. The Morgan fingerprint density at radius 3 is 3.13 bits per heavy atom. The fraction of sp³-hybridized carbons (Fsp3) is 0.222. The quantitative estimate of drug-likeness (QED) is 0.430. The van der Waals surface area contributed by atoms with Crippen molar-refractivity contribution in [3.63, 3.8) is 0 Å². The van der Waals surface area contributed by atoms with Gasteiger partial charge in [0.05, 0.1) is 12.4 Å². The van der Waals surface area contributed by atoms with Crippen molar-refractivity contribution < 1.29 is 9.31 Å². The second kappa shape index (κ2) is 3.31. The van der Waals surface area contributed by atoms with Crippen LogP contribution in [0.25, 0.3) is 0 Å². The van der Waals surface area contributed by atoms with Crippen molar-refractivity contribution in [1.29, 1.82) is 0 Å². The highest BCUT2D eigenvalue weighted by molar-refractivity contribution is 7.04. The average Bonchev–Trinajstić information content (AvgIpc) is 3.08. The van der Waals surface area contributed by atoms with Crippen molar-refractivity contribution in [2.24, 2.45) is 4.99 Å². The first kappa shape index (κ1) is 8.85. The molecule has 1 radical (unpaired) electrons. The van der Waals surface area contributed by atoms with Crippen molar-refractivity contribution in [3.05, 3.63) is 29.8 Å². The van der Waals surface area contributed by atoms with Gasteiger partial charge in [0.2, 0.25) is 0 Å². The number of nitrogens with zero attached hydrogens (tertiary/aromatic N) is 1. The first-order chi connectivity index (χ1) is 7.33. The zero-order valence-corrected chi connectivity index (χ0v) is 8.09. The Morgan fingerprint density at radius 2 is 2.40 bits per heavy atom. The van der Waals surface area contributed by atoms with E-state index in [0.29, 0.717) is 6.54 Å². The summed E-state index contributed by atoms with van der Waals surface area (Å²) in [5.74, 6) is 0.931. The number of nitrogen functional groups attached to an aromatic ring is 1. The average molecular weight is 199 g/mol. The Kier molecular flexibility index (Phi) is 1.95. The molecule has 1 aromatic carbocycles. The molecular weight excluding hydrogens is 190 g/mol. The second-order valence-electron chi connectivity index (χ2n) is 3.67. The molecule has 0 aliphatic carbocycles. The highest BCUT2D eigenvalue weighted by Crippen LogP contribution is 2.23. The number of anilines is 1. The van der Waals surface area contributed by atoms with E-state index in [9.17, 15) is 0 Å². The van der Waals surface area contributed by atoms with E-state index in [2.05, 4.69) is 4.99 Å². The molecule has 0 aromatic heterocycles. The minimum Gasteiger partial charge on any atom is -0.545 e. The van der Waals surface area contributed by atoms with Gasteiger partial charge in [-0.3, -0.25) is 4.99 Å². The van der Waals surface area contributed by atoms with E-state index in [1.165, 1.54) is 0 Å². The van der Waals surface area contributed by atoms with Gasteiger partial charge in [0.1, 0.15) is 0 Å². The van der Waals surface area contributed by atoms with Gasteiger partial charge in [0, 0.05) is 5.69 Å². The molecule has 2 aliphatic rings. The third-order valence-corrected chi connectivity index (χ3v) is 2.39. The molecule has 6 heteroatoms. The van der Waals surface area contributed by atoms with Crippen LogP contribution in [0.1, 0.15) is 5.56 Å². The first-order valence-electron chi connectivity index (χ1n) is 4.87. The second-order valence-corrected chi connectivity index (χ2v) is 3.67. The van der Waals surface area contributed by atoms with Gasteiger partial charge in [0.25, 0.3) is 0 Å². The van der Waals surface area contributed by atoms with Crippen molar-refractivity contribution in [1.82, 2.24) is 0 Å². The van der Waals surface area contributed by atoms with Gasteiger partial charge in [-0.1, -0.05) is 12.1 Å². The molecule has 1 unspecified atom stereocenters. The van der Waals surface area contributed by atoms with Crippen molar-refractivity contribution in [2.75, 3.05) is 5.73 Å². The molecule has 0 amide bonds. The Balaban J connectivity index is 1.62. The van der Waals surface area contributed by atoms with E-state index in [1.807, 2.05) is 24.3 Å². The van der Waals surface area contributed by atoms with Crippen molar-refractivity contribution in [3.8, 4) is 0 Å². The third-order valence-electron chi connectivity index (χ3n) is 2.39. The van der Waals surface area contributed by atoms with Gasteiger partial charge in [-0.05, 0) is 17.7 Å². The normalized spacial score (nSPS) is 24.7. The molecule has 1 atom stereocenters. The maximum Gasteiger partial charge on any atom is 0.473 e. The number of benzene rings is 1. The number of rotatable bonds is 3. The molecule has 2 N–H and O–H groups in total. The van der Waals surface area contributed by atoms with Crippen molar-refractivity contribution in [2.45, 2.75) is 12.4 Å². The lowest BCUT2D eigenvalue weighted by atomic mass is 9.65. The molecule has 2 aliphatic heterocycles. The topological polar surface area (TPSA) is 63.4 Å². The van der Waals surface area contributed by atoms with E-state index in [0.717, 1.165) is 17.0 Å². The number of hydrogen-bond acceptors (Lipinski definition) is 4. The van der Waals surface area contributed by atoms with Gasteiger partial charge >= 0.3 is 14.4 Å². The summed E-state index contributed by atoms with van der Waals surface area (Å²) in [5, 5.41) is 0. The molecule has 2 heterocycles. The number of hydrogen-bond donors (Lipinski definition) is 1. The van der Waals surface area contributed by atoms with Gasteiger partial charge in [0.15, 0.2) is 5.80 Å². The standard InChI is InChI=1S/C9H9B2N2O2/c12-7-3-1-2-6(4-7)5-13-9-11(15-9)8-10-14-8/h1-4,8H,5,12H2. The predicted molar refractivity (Wildman–Crippen MR) is 59.5 cm³/mol. The first-order valence-corrected chi connectivity index (χ1v) is 4.87. The number of aliphatic imine (C=N–C) groups is 1. The van der Waals surface area contributed by atoms with Gasteiger partial charge < -0.3 is 15.0 Å². The largest absolute Gasteiger partial charge is 0.545 e. The van der Waals surface area contributed by atoms with Crippen LogP contribution < -0.4 is 5.73 Å². The van der Waals surface area contributed by atoms with Crippen LogP contribution in [0.3, 0.4) is 0 Å². The maximum absolute atomic E-state index is 5.66. The molecule has 3 rings (SSSR count). The predicted octanol–water partition coefficient (Wildman–Crippen LogP) is 0.243. The summed E-state index contributed by atoms with van der Waals surface area (Å²) >= 11 is 0. The summed E-state index contributed by atoms with van der Waals surface area (Å²) < 4.78 is 10.2. The molecule has 73 valence electrons. The lowest BCUT2D eigenvalue weighted by Crippen LogP contribution is -2.04. The van der Waals surface area contributed by atoms with Crippen molar-refractivity contribution >= 4 is 25.9 Å². The highest BCUT2D eigenvalue weighted by Gasteiger charge is 2.56. The van der Waals surface area contributed by atoms with Gasteiger partial charge in [-0.2, -0.15) is 0 Å². The van der Waals surface area contributed by atoms with Crippen LogP contribution >= 0.6 is 0 Å². The Morgan fingerprint density at radius 1 is 1.53 bits per heavy atom. The lowest BCUT2D eigenvalue weighted by molar-refractivity contribution is 0.513. The summed E-state index contributed by atoms with van der Waals surface area (Å²) in [6.07, 6.45) is 0. The van der Waals surface area contributed by atoms with E-state index < -0.39 is 0 Å². The number of nitrogens with two attached hydrogens (primary N) is 1. The van der Waals surface area contributed by atoms with Crippen LogP contribution in [0.4, 0.5) is 5.69 Å². The van der Waals surface area contributed by atoms with E-state index in [-0.39, 0.29) is 12.8 Å². The minimum absolute atomic E-state index is 0.0751. The van der Waals surface area contributed by atoms with E-state index >= 15 is 0 Å². The molecule has 2 fully saturated rings.